The van der Waals surface area contributed by atoms with Crippen molar-refractivity contribution in [1.82, 2.24) is 0 Å². The molecule has 2 nitrogen and oxygen atoms in total. The highest BCUT2D eigenvalue weighted by Gasteiger charge is 2.58. The molecule has 0 unspecified atom stereocenters. The molecule has 0 spiro atoms. The number of epoxide rings is 2. The van der Waals surface area contributed by atoms with Crippen LogP contribution in [-0.4, -0.2) is 12.2 Å². The normalized spacial score (nSPS) is 33.1. The van der Waals surface area contributed by atoms with Crippen LogP contribution in [0.1, 0.15) is 23.3 Å². The SMILES string of the molecule is c1ccc([C@H]2O[C@@H]2[C@H]2O[C@@H]2c2ccccc2)cc1. The molecule has 0 aliphatic carbocycles. The van der Waals surface area contributed by atoms with Gasteiger partial charge >= 0.3 is 0 Å². The van der Waals surface area contributed by atoms with Crippen LogP contribution in [0, 0.1) is 0 Å². The summed E-state index contributed by atoms with van der Waals surface area (Å²) in [7, 11) is 0. The van der Waals surface area contributed by atoms with E-state index in [-0.39, 0.29) is 24.4 Å². The molecule has 2 heteroatoms. The van der Waals surface area contributed by atoms with Gasteiger partial charge in [0.25, 0.3) is 0 Å². The summed E-state index contributed by atoms with van der Waals surface area (Å²) >= 11 is 0. The molecule has 2 saturated heterocycles. The number of hydrogen-bond donors (Lipinski definition) is 0. The van der Waals surface area contributed by atoms with Crippen LogP contribution in [0.25, 0.3) is 0 Å². The maximum Gasteiger partial charge on any atom is 0.118 e. The molecule has 2 heterocycles. The Labute approximate surface area is 106 Å². The molecule has 2 aromatic carbocycles. The minimum absolute atomic E-state index is 0.227. The summed E-state index contributed by atoms with van der Waals surface area (Å²) in [6.07, 6.45) is 0.921. The first-order valence-corrected chi connectivity index (χ1v) is 6.34. The standard InChI is InChI=1S/C16H14O2/c1-3-7-11(8-4-1)13-15(17-13)16-14(18-16)12-9-5-2-6-10-12/h1-10,13-16H/t13-,14-,15+,16+/m1/s1. The van der Waals surface area contributed by atoms with Crippen LogP contribution in [-0.2, 0) is 9.47 Å². The summed E-state index contributed by atoms with van der Waals surface area (Å²) in [6.45, 7) is 0. The number of rotatable bonds is 3. The molecule has 2 aliphatic heterocycles. The van der Waals surface area contributed by atoms with E-state index in [0.717, 1.165) is 0 Å². The van der Waals surface area contributed by atoms with E-state index in [1.165, 1.54) is 11.1 Å². The lowest BCUT2D eigenvalue weighted by Crippen LogP contribution is -1.99. The summed E-state index contributed by atoms with van der Waals surface area (Å²) in [4.78, 5) is 0. The first kappa shape index (κ1) is 10.3. The van der Waals surface area contributed by atoms with E-state index in [1.807, 2.05) is 12.1 Å². The van der Waals surface area contributed by atoms with Gasteiger partial charge in [0.2, 0.25) is 0 Å². The highest BCUT2D eigenvalue weighted by molar-refractivity contribution is 5.28. The Morgan fingerprint density at radius 1 is 0.556 bits per heavy atom. The lowest BCUT2D eigenvalue weighted by atomic mass is 10.0. The zero-order chi connectivity index (χ0) is 11.9. The highest BCUT2D eigenvalue weighted by atomic mass is 16.7. The first-order chi connectivity index (χ1) is 8.93. The van der Waals surface area contributed by atoms with Gasteiger partial charge in [-0.2, -0.15) is 0 Å². The Kier molecular flexibility index (Phi) is 2.25. The maximum absolute atomic E-state index is 5.75. The molecule has 2 aliphatic rings. The van der Waals surface area contributed by atoms with Gasteiger partial charge in [0.1, 0.15) is 24.4 Å². The lowest BCUT2D eigenvalue weighted by Gasteiger charge is -1.94. The number of hydrogen-bond acceptors (Lipinski definition) is 2. The lowest BCUT2D eigenvalue weighted by molar-refractivity contribution is 0.309. The predicted octanol–water partition coefficient (Wildman–Crippen LogP) is 3.27. The summed E-state index contributed by atoms with van der Waals surface area (Å²) in [5.41, 5.74) is 2.51. The Hall–Kier alpha value is -1.64. The van der Waals surface area contributed by atoms with Gasteiger partial charge in [-0.05, 0) is 11.1 Å². The van der Waals surface area contributed by atoms with Gasteiger partial charge in [0, 0.05) is 0 Å². The van der Waals surface area contributed by atoms with Crippen molar-refractivity contribution in [3.63, 3.8) is 0 Å². The second-order valence-electron chi connectivity index (χ2n) is 4.86. The van der Waals surface area contributed by atoms with Crippen molar-refractivity contribution in [1.29, 1.82) is 0 Å². The van der Waals surface area contributed by atoms with E-state index in [4.69, 9.17) is 9.47 Å². The Morgan fingerprint density at radius 2 is 0.944 bits per heavy atom. The third kappa shape index (κ3) is 1.74. The van der Waals surface area contributed by atoms with Crippen molar-refractivity contribution >= 4 is 0 Å². The molecule has 4 atom stereocenters. The fourth-order valence-electron chi connectivity index (χ4n) is 2.57. The van der Waals surface area contributed by atoms with Crippen LogP contribution in [0.2, 0.25) is 0 Å². The fraction of sp³-hybridized carbons (Fsp3) is 0.250. The maximum atomic E-state index is 5.75. The summed E-state index contributed by atoms with van der Waals surface area (Å²) < 4.78 is 11.5. The van der Waals surface area contributed by atoms with Crippen LogP contribution in [0.4, 0.5) is 0 Å². The van der Waals surface area contributed by atoms with E-state index < -0.39 is 0 Å². The Bertz CT molecular complexity index is 486. The first-order valence-electron chi connectivity index (χ1n) is 6.34. The monoisotopic (exact) mass is 238 g/mol. The molecule has 4 rings (SSSR count). The zero-order valence-electron chi connectivity index (χ0n) is 9.90. The predicted molar refractivity (Wildman–Crippen MR) is 68.1 cm³/mol. The number of ether oxygens (including phenoxy) is 2. The summed E-state index contributed by atoms with van der Waals surface area (Å²) in [5.74, 6) is 0. The van der Waals surface area contributed by atoms with Crippen LogP contribution in [0.15, 0.2) is 60.7 Å². The molecule has 2 fully saturated rings. The van der Waals surface area contributed by atoms with Gasteiger partial charge in [0.15, 0.2) is 0 Å². The number of benzene rings is 2. The van der Waals surface area contributed by atoms with E-state index in [0.29, 0.717) is 0 Å². The summed E-state index contributed by atoms with van der Waals surface area (Å²) in [6, 6.07) is 20.7. The van der Waals surface area contributed by atoms with Gasteiger partial charge < -0.3 is 9.47 Å². The van der Waals surface area contributed by atoms with Gasteiger partial charge in [-0.3, -0.25) is 0 Å². The summed E-state index contributed by atoms with van der Waals surface area (Å²) in [5, 5.41) is 0. The van der Waals surface area contributed by atoms with Crippen molar-refractivity contribution in [2.45, 2.75) is 24.4 Å². The van der Waals surface area contributed by atoms with Crippen molar-refractivity contribution in [2.24, 2.45) is 0 Å². The molecule has 0 N–H and O–H groups in total. The van der Waals surface area contributed by atoms with Crippen molar-refractivity contribution in [3.05, 3.63) is 71.8 Å². The van der Waals surface area contributed by atoms with Crippen LogP contribution in [0.3, 0.4) is 0 Å². The topological polar surface area (TPSA) is 25.1 Å². The molecule has 0 radical (unpaired) electrons. The van der Waals surface area contributed by atoms with Gasteiger partial charge in [-0.15, -0.1) is 0 Å². The smallest absolute Gasteiger partial charge is 0.118 e. The van der Waals surface area contributed by atoms with Crippen molar-refractivity contribution in [3.8, 4) is 0 Å². The minimum atomic E-state index is 0.227. The van der Waals surface area contributed by atoms with Gasteiger partial charge in [-0.25, -0.2) is 0 Å². The quantitative estimate of drug-likeness (QED) is 0.767. The minimum Gasteiger partial charge on any atom is -0.362 e. The molecule has 0 amide bonds. The molecule has 0 aromatic heterocycles. The average molecular weight is 238 g/mol. The van der Waals surface area contributed by atoms with Crippen molar-refractivity contribution in [2.75, 3.05) is 0 Å². The second kappa shape index (κ2) is 3.94. The molecular formula is C16H14O2. The molecule has 90 valence electrons. The van der Waals surface area contributed by atoms with Gasteiger partial charge in [-0.1, -0.05) is 60.7 Å². The fourth-order valence-corrected chi connectivity index (χ4v) is 2.57. The van der Waals surface area contributed by atoms with E-state index in [1.54, 1.807) is 0 Å². The molecular weight excluding hydrogens is 224 g/mol. The van der Waals surface area contributed by atoms with Crippen LogP contribution in [0.5, 0.6) is 0 Å². The van der Waals surface area contributed by atoms with Crippen LogP contribution < -0.4 is 0 Å². The van der Waals surface area contributed by atoms with E-state index >= 15 is 0 Å². The second-order valence-corrected chi connectivity index (χ2v) is 4.86. The van der Waals surface area contributed by atoms with E-state index in [2.05, 4.69) is 48.5 Å². The third-order valence-electron chi connectivity index (χ3n) is 3.63. The van der Waals surface area contributed by atoms with Crippen LogP contribution >= 0.6 is 0 Å². The zero-order valence-corrected chi connectivity index (χ0v) is 9.90. The Balaban J connectivity index is 1.44. The molecule has 18 heavy (non-hydrogen) atoms. The Morgan fingerprint density at radius 3 is 1.33 bits per heavy atom. The third-order valence-corrected chi connectivity index (χ3v) is 3.63. The van der Waals surface area contributed by atoms with E-state index in [9.17, 15) is 0 Å². The molecule has 0 bridgehead atoms. The highest BCUT2D eigenvalue weighted by Crippen LogP contribution is 2.53. The molecule has 2 aromatic rings. The largest absolute Gasteiger partial charge is 0.362 e. The van der Waals surface area contributed by atoms with Gasteiger partial charge in [0.05, 0.1) is 0 Å². The average Bonchev–Trinajstić information content (AvgIpc) is 3.32. The van der Waals surface area contributed by atoms with Crippen molar-refractivity contribution < 1.29 is 9.47 Å². The molecule has 0 saturated carbocycles.